The zero-order chi connectivity index (χ0) is 15.6. The maximum atomic E-state index is 11.9. The zero-order valence-electron chi connectivity index (χ0n) is 11.7. The molecule has 0 radical (unpaired) electrons. The molecule has 0 fully saturated rings. The van der Waals surface area contributed by atoms with Crippen LogP contribution in [0.3, 0.4) is 0 Å². The van der Waals surface area contributed by atoms with Crippen LogP contribution in [-0.2, 0) is 11.2 Å². The number of carbonyl (C=O) groups is 1. The zero-order valence-corrected chi connectivity index (χ0v) is 13.2. The number of halogens is 2. The Labute approximate surface area is 132 Å². The third kappa shape index (κ3) is 2.99. The summed E-state index contributed by atoms with van der Waals surface area (Å²) in [6.45, 7) is 3.88. The Kier molecular flexibility index (Phi) is 4.75. The molecule has 0 atom stereocenters. The normalized spacial score (nSPS) is 10.7. The lowest BCUT2D eigenvalue weighted by atomic mass is 10.3. The average molecular weight is 328 g/mol. The maximum absolute atomic E-state index is 11.9. The highest BCUT2D eigenvalue weighted by atomic mass is 35.5. The van der Waals surface area contributed by atoms with E-state index in [4.69, 9.17) is 33.7 Å². The highest BCUT2D eigenvalue weighted by Crippen LogP contribution is 2.29. The van der Waals surface area contributed by atoms with Crippen molar-refractivity contribution in [2.24, 2.45) is 0 Å². The molecule has 0 bridgehead atoms. The first-order valence-electron chi connectivity index (χ1n) is 6.49. The number of imidazole rings is 1. The molecule has 7 heteroatoms. The monoisotopic (exact) mass is 327 g/mol. The molecule has 0 aliphatic carbocycles. The first-order valence-corrected chi connectivity index (χ1v) is 7.24. The number of aromatic nitrogens is 2. The Bertz CT molecular complexity index is 683. The van der Waals surface area contributed by atoms with Crippen molar-refractivity contribution >= 4 is 35.0 Å². The minimum absolute atomic E-state index is 0.0877. The molecule has 2 aromatic rings. The molecule has 1 heterocycles. The number of rotatable bonds is 4. The second-order valence-corrected chi connectivity index (χ2v) is 5.11. The van der Waals surface area contributed by atoms with Crippen LogP contribution in [0.15, 0.2) is 18.2 Å². The quantitative estimate of drug-likeness (QED) is 0.872. The molecule has 0 amide bonds. The summed E-state index contributed by atoms with van der Waals surface area (Å²) in [5, 5.41) is 0.982. The van der Waals surface area contributed by atoms with E-state index >= 15 is 0 Å². The Balaban J connectivity index is 2.63. The van der Waals surface area contributed by atoms with Gasteiger partial charge in [0, 0.05) is 11.4 Å². The third-order valence-electron chi connectivity index (χ3n) is 2.92. The number of carbonyl (C=O) groups excluding carboxylic acids is 1. The van der Waals surface area contributed by atoms with Crippen LogP contribution in [0, 0.1) is 0 Å². The molecule has 2 rings (SSSR count). The van der Waals surface area contributed by atoms with Crippen molar-refractivity contribution in [3.05, 3.63) is 39.8 Å². The highest BCUT2D eigenvalue weighted by Gasteiger charge is 2.22. The molecule has 1 aromatic heterocycles. The summed E-state index contributed by atoms with van der Waals surface area (Å²) in [7, 11) is 0. The maximum Gasteiger partial charge on any atom is 0.360 e. The number of ether oxygens (including phenoxy) is 1. The van der Waals surface area contributed by atoms with Crippen LogP contribution in [0.4, 0.5) is 5.82 Å². The van der Waals surface area contributed by atoms with E-state index in [1.165, 1.54) is 0 Å². The second-order valence-electron chi connectivity index (χ2n) is 4.27. The van der Waals surface area contributed by atoms with E-state index < -0.39 is 5.97 Å². The van der Waals surface area contributed by atoms with Crippen LogP contribution >= 0.6 is 23.2 Å². The van der Waals surface area contributed by atoms with Crippen LogP contribution in [0.1, 0.15) is 30.2 Å². The Morgan fingerprint density at radius 3 is 2.71 bits per heavy atom. The van der Waals surface area contributed by atoms with E-state index in [9.17, 15) is 4.79 Å². The van der Waals surface area contributed by atoms with E-state index in [-0.39, 0.29) is 18.1 Å². The van der Waals surface area contributed by atoms with Crippen LogP contribution in [0.25, 0.3) is 5.69 Å². The van der Waals surface area contributed by atoms with Crippen molar-refractivity contribution in [2.45, 2.75) is 20.3 Å². The van der Waals surface area contributed by atoms with Crippen LogP contribution in [-0.4, -0.2) is 22.1 Å². The van der Waals surface area contributed by atoms with Crippen molar-refractivity contribution in [3.8, 4) is 5.69 Å². The Hall–Kier alpha value is -1.72. The van der Waals surface area contributed by atoms with Crippen LogP contribution in [0.5, 0.6) is 0 Å². The second kappa shape index (κ2) is 6.37. The molecule has 0 spiro atoms. The van der Waals surface area contributed by atoms with Gasteiger partial charge in [0.1, 0.15) is 11.6 Å². The number of hydrogen-bond acceptors (Lipinski definition) is 4. The Morgan fingerprint density at radius 1 is 1.38 bits per heavy atom. The highest BCUT2D eigenvalue weighted by molar-refractivity contribution is 6.34. The molecule has 0 unspecified atom stereocenters. The van der Waals surface area contributed by atoms with Gasteiger partial charge in [-0.2, -0.15) is 0 Å². The molecule has 1 aromatic carbocycles. The molecule has 5 nitrogen and oxygen atoms in total. The molecule has 0 saturated carbocycles. The topological polar surface area (TPSA) is 70.1 Å². The molecule has 2 N–H and O–H groups in total. The van der Waals surface area contributed by atoms with E-state index in [1.807, 2.05) is 6.92 Å². The lowest BCUT2D eigenvalue weighted by Gasteiger charge is -2.11. The predicted octanol–water partition coefficient (Wildman–Crippen LogP) is 3.50. The molecule has 21 heavy (non-hydrogen) atoms. The standard InChI is InChI=1S/C14H15Cl2N3O2/c1-3-11-18-12(14(20)21-4-2)13(17)19(11)10-7-8(15)5-6-9(10)16/h5-7H,3-4,17H2,1-2H3. The molecular weight excluding hydrogens is 313 g/mol. The van der Waals surface area contributed by atoms with Crippen molar-refractivity contribution in [1.82, 2.24) is 9.55 Å². The summed E-state index contributed by atoms with van der Waals surface area (Å²) in [6, 6.07) is 5.02. The number of anilines is 1. The van der Waals surface area contributed by atoms with E-state index in [0.717, 1.165) is 0 Å². The number of benzene rings is 1. The van der Waals surface area contributed by atoms with Gasteiger partial charge in [-0.3, -0.25) is 4.57 Å². The lowest BCUT2D eigenvalue weighted by molar-refractivity contribution is 0.0521. The summed E-state index contributed by atoms with van der Waals surface area (Å²) in [5.74, 6) is 0.246. The SMILES string of the molecule is CCOC(=O)c1nc(CC)n(-c2cc(Cl)ccc2Cl)c1N. The van der Waals surface area contributed by atoms with Gasteiger partial charge in [-0.15, -0.1) is 0 Å². The van der Waals surface area contributed by atoms with E-state index in [2.05, 4.69) is 4.98 Å². The van der Waals surface area contributed by atoms with Gasteiger partial charge < -0.3 is 10.5 Å². The van der Waals surface area contributed by atoms with Gasteiger partial charge in [0.05, 0.1) is 17.3 Å². The molecule has 0 aliphatic heterocycles. The summed E-state index contributed by atoms with van der Waals surface area (Å²) in [4.78, 5) is 16.1. The van der Waals surface area contributed by atoms with Crippen molar-refractivity contribution in [3.63, 3.8) is 0 Å². The van der Waals surface area contributed by atoms with Crippen LogP contribution < -0.4 is 5.73 Å². The lowest BCUT2D eigenvalue weighted by Crippen LogP contribution is -2.09. The van der Waals surface area contributed by atoms with Gasteiger partial charge in [0.15, 0.2) is 5.69 Å². The average Bonchev–Trinajstić information content (AvgIpc) is 2.78. The Morgan fingerprint density at radius 2 is 2.10 bits per heavy atom. The summed E-state index contributed by atoms with van der Waals surface area (Å²) >= 11 is 12.2. The van der Waals surface area contributed by atoms with Gasteiger partial charge in [0.25, 0.3) is 0 Å². The fourth-order valence-corrected chi connectivity index (χ4v) is 2.36. The predicted molar refractivity (Wildman–Crippen MR) is 83.3 cm³/mol. The summed E-state index contributed by atoms with van der Waals surface area (Å²) in [5.41, 5.74) is 6.73. The van der Waals surface area contributed by atoms with Gasteiger partial charge in [-0.25, -0.2) is 9.78 Å². The van der Waals surface area contributed by atoms with Gasteiger partial charge in [-0.1, -0.05) is 30.1 Å². The third-order valence-corrected chi connectivity index (χ3v) is 3.47. The van der Waals surface area contributed by atoms with E-state index in [1.54, 1.807) is 29.7 Å². The van der Waals surface area contributed by atoms with E-state index in [0.29, 0.717) is 28.0 Å². The van der Waals surface area contributed by atoms with Gasteiger partial charge >= 0.3 is 5.97 Å². The number of esters is 1. The number of aryl methyl sites for hydroxylation is 1. The van der Waals surface area contributed by atoms with Crippen molar-refractivity contribution < 1.29 is 9.53 Å². The van der Waals surface area contributed by atoms with Crippen LogP contribution in [0.2, 0.25) is 10.0 Å². The van der Waals surface area contributed by atoms with Crippen molar-refractivity contribution in [1.29, 1.82) is 0 Å². The fourth-order valence-electron chi connectivity index (χ4n) is 1.99. The largest absolute Gasteiger partial charge is 0.461 e. The number of nitrogens with two attached hydrogens (primary N) is 1. The number of hydrogen-bond donors (Lipinski definition) is 1. The first-order chi connectivity index (χ1) is 9.99. The fraction of sp³-hybridized carbons (Fsp3) is 0.286. The summed E-state index contributed by atoms with van der Waals surface area (Å²) in [6.07, 6.45) is 0.576. The smallest absolute Gasteiger partial charge is 0.360 e. The molecule has 0 aliphatic rings. The molecular formula is C14H15Cl2N3O2. The van der Waals surface area contributed by atoms with Gasteiger partial charge in [0.2, 0.25) is 0 Å². The number of nitrogens with zero attached hydrogens (tertiary/aromatic N) is 2. The first kappa shape index (κ1) is 15.7. The number of nitrogen functional groups attached to an aromatic ring is 1. The van der Waals surface area contributed by atoms with Gasteiger partial charge in [-0.05, 0) is 25.1 Å². The molecule has 112 valence electrons. The van der Waals surface area contributed by atoms with Crippen molar-refractivity contribution in [2.75, 3.05) is 12.3 Å². The minimum atomic E-state index is -0.554. The minimum Gasteiger partial charge on any atom is -0.461 e. The summed E-state index contributed by atoms with van der Waals surface area (Å²) < 4.78 is 6.58. The molecule has 0 saturated heterocycles.